The molecule has 0 saturated carbocycles. The number of amides is 1. The zero-order valence-electron chi connectivity index (χ0n) is 11.9. The van der Waals surface area contributed by atoms with E-state index < -0.39 is 22.6 Å². The van der Waals surface area contributed by atoms with Gasteiger partial charge in [0.15, 0.2) is 0 Å². The summed E-state index contributed by atoms with van der Waals surface area (Å²) in [4.78, 5) is 21.8. The molecule has 0 aliphatic rings. The molecular weight excluding hydrogens is 327 g/mol. The van der Waals surface area contributed by atoms with Crippen molar-refractivity contribution in [2.24, 2.45) is 5.10 Å². The van der Waals surface area contributed by atoms with Crippen molar-refractivity contribution in [3.63, 3.8) is 0 Å². The molecule has 1 N–H and O–H groups in total. The van der Waals surface area contributed by atoms with E-state index in [1.165, 1.54) is 30.3 Å². The number of carbonyl (C=O) groups excluding carboxylic acids is 1. The van der Waals surface area contributed by atoms with E-state index in [4.69, 9.17) is 0 Å². The fourth-order valence-electron chi connectivity index (χ4n) is 1.79. The first-order valence-electron chi connectivity index (χ1n) is 6.52. The van der Waals surface area contributed by atoms with E-state index in [0.29, 0.717) is 0 Å². The average molecular weight is 337 g/mol. The van der Waals surface area contributed by atoms with Crippen LogP contribution in [0, 0.1) is 10.1 Å². The first-order valence-corrected chi connectivity index (χ1v) is 6.52. The second-order valence-electron chi connectivity index (χ2n) is 4.63. The van der Waals surface area contributed by atoms with Crippen LogP contribution in [0.5, 0.6) is 0 Å². The molecule has 2 aromatic carbocycles. The van der Waals surface area contributed by atoms with Crippen LogP contribution in [0.1, 0.15) is 21.5 Å². The van der Waals surface area contributed by atoms with E-state index in [1.54, 1.807) is 0 Å². The number of alkyl halides is 3. The monoisotopic (exact) mass is 337 g/mol. The summed E-state index contributed by atoms with van der Waals surface area (Å²) in [5.74, 6) is -0.720. The Labute approximate surface area is 133 Å². The highest BCUT2D eigenvalue weighted by Crippen LogP contribution is 2.29. The van der Waals surface area contributed by atoms with Gasteiger partial charge in [0.2, 0.25) is 0 Å². The summed E-state index contributed by atoms with van der Waals surface area (Å²) in [7, 11) is 0. The van der Waals surface area contributed by atoms with Crippen molar-refractivity contribution in [3.8, 4) is 0 Å². The standard InChI is InChI=1S/C15H10F3N3O3/c16-15(17,18)12-5-1-3-10(7-12)9-19-20-14(22)11-4-2-6-13(8-11)21(23)24/h1-9H,(H,20,22)/b19-9+. The van der Waals surface area contributed by atoms with Gasteiger partial charge in [0.25, 0.3) is 11.6 Å². The lowest BCUT2D eigenvalue weighted by Crippen LogP contribution is -2.17. The molecule has 0 aliphatic carbocycles. The molecule has 24 heavy (non-hydrogen) atoms. The van der Waals surface area contributed by atoms with Crippen LogP contribution < -0.4 is 5.43 Å². The quantitative estimate of drug-likeness (QED) is 0.527. The van der Waals surface area contributed by atoms with Gasteiger partial charge in [0.05, 0.1) is 16.7 Å². The fourth-order valence-corrected chi connectivity index (χ4v) is 1.79. The number of halogens is 3. The first kappa shape index (κ1) is 17.1. The Balaban J connectivity index is 2.08. The van der Waals surface area contributed by atoms with E-state index in [1.807, 2.05) is 0 Å². The molecule has 0 aromatic heterocycles. The average Bonchev–Trinajstić information content (AvgIpc) is 2.54. The summed E-state index contributed by atoms with van der Waals surface area (Å²) in [6.45, 7) is 0. The van der Waals surface area contributed by atoms with Gasteiger partial charge in [0, 0.05) is 17.7 Å². The van der Waals surface area contributed by atoms with Crippen molar-refractivity contribution in [2.75, 3.05) is 0 Å². The molecule has 2 rings (SSSR count). The zero-order valence-corrected chi connectivity index (χ0v) is 11.9. The Bertz CT molecular complexity index is 804. The number of hydrogen-bond acceptors (Lipinski definition) is 4. The van der Waals surface area contributed by atoms with E-state index in [9.17, 15) is 28.1 Å². The molecule has 9 heteroatoms. The molecule has 0 spiro atoms. The molecule has 0 aliphatic heterocycles. The van der Waals surface area contributed by atoms with Gasteiger partial charge < -0.3 is 0 Å². The number of benzene rings is 2. The number of nitro groups is 1. The van der Waals surface area contributed by atoms with E-state index in [-0.39, 0.29) is 16.8 Å². The lowest BCUT2D eigenvalue weighted by molar-refractivity contribution is -0.384. The molecule has 0 unspecified atom stereocenters. The first-order chi connectivity index (χ1) is 11.3. The van der Waals surface area contributed by atoms with Gasteiger partial charge in [-0.1, -0.05) is 18.2 Å². The molecule has 0 fully saturated rings. The van der Waals surface area contributed by atoms with E-state index >= 15 is 0 Å². The number of non-ortho nitro benzene ring substituents is 1. The molecule has 2 aromatic rings. The Morgan fingerprint density at radius 2 is 1.88 bits per heavy atom. The summed E-state index contributed by atoms with van der Waals surface area (Å²) in [5.41, 5.74) is 1.15. The largest absolute Gasteiger partial charge is 0.416 e. The minimum atomic E-state index is -4.48. The predicted octanol–water partition coefficient (Wildman–Crippen LogP) is 3.38. The molecular formula is C15H10F3N3O3. The van der Waals surface area contributed by atoms with Crippen LogP contribution in [0.25, 0.3) is 0 Å². The number of hydrazone groups is 1. The number of nitro benzene ring substituents is 1. The predicted molar refractivity (Wildman–Crippen MR) is 79.6 cm³/mol. The minimum absolute atomic E-state index is 0.00499. The van der Waals surface area contributed by atoms with Crippen molar-refractivity contribution < 1.29 is 22.9 Å². The molecule has 0 atom stereocenters. The smallest absolute Gasteiger partial charge is 0.267 e. The third-order valence-corrected chi connectivity index (χ3v) is 2.91. The summed E-state index contributed by atoms with van der Waals surface area (Å²) >= 11 is 0. The van der Waals surface area contributed by atoms with Crippen LogP contribution >= 0.6 is 0 Å². The Kier molecular flexibility index (Phi) is 4.93. The maximum atomic E-state index is 12.6. The molecule has 0 saturated heterocycles. The second-order valence-corrected chi connectivity index (χ2v) is 4.63. The van der Waals surface area contributed by atoms with E-state index in [0.717, 1.165) is 24.4 Å². The highest BCUT2D eigenvalue weighted by Gasteiger charge is 2.30. The number of carbonyl (C=O) groups is 1. The summed E-state index contributed by atoms with van der Waals surface area (Å²) in [6, 6.07) is 9.37. The number of rotatable bonds is 4. The van der Waals surface area contributed by atoms with Crippen molar-refractivity contribution in [3.05, 3.63) is 75.3 Å². The highest BCUT2D eigenvalue weighted by atomic mass is 19.4. The van der Waals surface area contributed by atoms with Gasteiger partial charge >= 0.3 is 6.18 Å². The fraction of sp³-hybridized carbons (Fsp3) is 0.0667. The van der Waals surface area contributed by atoms with Crippen LogP contribution in [0.4, 0.5) is 18.9 Å². The SMILES string of the molecule is O=C(N/N=C/c1cccc(C(F)(F)F)c1)c1cccc([N+](=O)[O-])c1. The van der Waals surface area contributed by atoms with Crippen LogP contribution in [0.3, 0.4) is 0 Å². The van der Waals surface area contributed by atoms with Gasteiger partial charge in [-0.15, -0.1) is 0 Å². The van der Waals surface area contributed by atoms with Gasteiger partial charge in [-0.3, -0.25) is 14.9 Å². The summed E-state index contributed by atoms with van der Waals surface area (Å²) < 4.78 is 37.7. The third kappa shape index (κ3) is 4.38. The lowest BCUT2D eigenvalue weighted by Gasteiger charge is -2.06. The van der Waals surface area contributed by atoms with Gasteiger partial charge in [-0.2, -0.15) is 18.3 Å². The number of nitrogens with one attached hydrogen (secondary N) is 1. The van der Waals surface area contributed by atoms with E-state index in [2.05, 4.69) is 10.5 Å². The van der Waals surface area contributed by atoms with Gasteiger partial charge in [0.1, 0.15) is 0 Å². The lowest BCUT2D eigenvalue weighted by atomic mass is 10.1. The molecule has 0 bridgehead atoms. The summed E-state index contributed by atoms with van der Waals surface area (Å²) in [5, 5.41) is 14.2. The van der Waals surface area contributed by atoms with Crippen LogP contribution in [0.15, 0.2) is 53.6 Å². The second kappa shape index (κ2) is 6.90. The van der Waals surface area contributed by atoms with Crippen molar-refractivity contribution in [2.45, 2.75) is 6.18 Å². The maximum absolute atomic E-state index is 12.6. The number of hydrogen-bond donors (Lipinski definition) is 1. The Morgan fingerprint density at radius 1 is 1.17 bits per heavy atom. The maximum Gasteiger partial charge on any atom is 0.416 e. The van der Waals surface area contributed by atoms with Crippen molar-refractivity contribution in [1.29, 1.82) is 0 Å². The Hall–Kier alpha value is -3.23. The topological polar surface area (TPSA) is 84.6 Å². The molecule has 124 valence electrons. The highest BCUT2D eigenvalue weighted by molar-refractivity contribution is 5.95. The molecule has 0 heterocycles. The Morgan fingerprint density at radius 3 is 2.54 bits per heavy atom. The van der Waals surface area contributed by atoms with Crippen LogP contribution in [-0.4, -0.2) is 17.0 Å². The minimum Gasteiger partial charge on any atom is -0.267 e. The van der Waals surface area contributed by atoms with Gasteiger partial charge in [-0.05, 0) is 23.8 Å². The van der Waals surface area contributed by atoms with Crippen molar-refractivity contribution >= 4 is 17.8 Å². The molecule has 1 amide bonds. The zero-order chi connectivity index (χ0) is 17.7. The van der Waals surface area contributed by atoms with Crippen LogP contribution in [0.2, 0.25) is 0 Å². The number of nitrogens with zero attached hydrogens (tertiary/aromatic N) is 2. The van der Waals surface area contributed by atoms with Crippen LogP contribution in [-0.2, 0) is 6.18 Å². The normalized spacial score (nSPS) is 11.5. The van der Waals surface area contributed by atoms with Gasteiger partial charge in [-0.25, -0.2) is 5.43 Å². The third-order valence-electron chi connectivity index (χ3n) is 2.91. The molecule has 6 nitrogen and oxygen atoms in total. The summed E-state index contributed by atoms with van der Waals surface area (Å²) in [6.07, 6.45) is -3.43. The van der Waals surface area contributed by atoms with Crippen molar-refractivity contribution in [1.82, 2.24) is 5.43 Å². The molecule has 0 radical (unpaired) electrons.